The molecule has 58 valence electrons. The number of aromatic nitrogens is 1. The summed E-state index contributed by atoms with van der Waals surface area (Å²) in [6.07, 6.45) is 1.80. The molecule has 1 aliphatic heterocycles. The van der Waals surface area contributed by atoms with E-state index >= 15 is 0 Å². The van der Waals surface area contributed by atoms with E-state index in [-0.39, 0.29) is 0 Å². The number of nitrogens with zero attached hydrogens (tertiary/aromatic N) is 1. The van der Waals surface area contributed by atoms with Gasteiger partial charge in [-0.15, -0.1) is 11.8 Å². The lowest BCUT2D eigenvalue weighted by molar-refractivity contribution is 0.328. The van der Waals surface area contributed by atoms with Crippen LogP contribution in [0.25, 0.3) is 0 Å². The molecule has 1 aromatic heterocycles. The summed E-state index contributed by atoms with van der Waals surface area (Å²) in [5.41, 5.74) is 1.06. The lowest BCUT2D eigenvalue weighted by Crippen LogP contribution is -2.06. The molecule has 2 nitrogen and oxygen atoms in total. The van der Waals surface area contributed by atoms with Crippen LogP contribution in [0.15, 0.2) is 17.2 Å². The van der Waals surface area contributed by atoms with Gasteiger partial charge in [-0.2, -0.15) is 0 Å². The maximum absolute atomic E-state index is 5.40. The molecule has 0 aromatic carbocycles. The van der Waals surface area contributed by atoms with Crippen LogP contribution in [-0.2, 0) is 0 Å². The predicted molar refractivity (Wildman–Crippen MR) is 45.2 cm³/mol. The second kappa shape index (κ2) is 2.74. The number of hydrogen-bond donors (Lipinski definition) is 0. The molecule has 0 spiro atoms. The molecule has 0 atom stereocenters. The quantitative estimate of drug-likeness (QED) is 0.589. The van der Waals surface area contributed by atoms with E-state index in [4.69, 9.17) is 4.74 Å². The molecule has 0 aliphatic carbocycles. The van der Waals surface area contributed by atoms with Gasteiger partial charge in [-0.25, -0.2) is 0 Å². The highest BCUT2D eigenvalue weighted by Gasteiger charge is 2.10. The van der Waals surface area contributed by atoms with Gasteiger partial charge in [-0.3, -0.25) is 4.98 Å². The molecule has 0 saturated carbocycles. The van der Waals surface area contributed by atoms with Gasteiger partial charge in [0.2, 0.25) is 0 Å². The van der Waals surface area contributed by atoms with Gasteiger partial charge < -0.3 is 4.74 Å². The monoisotopic (exact) mass is 167 g/mol. The molecule has 0 radical (unpaired) electrons. The number of hydrogen-bond acceptors (Lipinski definition) is 3. The van der Waals surface area contributed by atoms with Crippen molar-refractivity contribution in [2.75, 3.05) is 12.4 Å². The van der Waals surface area contributed by atoms with Crippen molar-refractivity contribution in [2.45, 2.75) is 11.8 Å². The van der Waals surface area contributed by atoms with Gasteiger partial charge in [0.15, 0.2) is 5.75 Å². The highest BCUT2D eigenvalue weighted by Crippen LogP contribution is 2.32. The molecule has 0 amide bonds. The summed E-state index contributed by atoms with van der Waals surface area (Å²) in [6.45, 7) is 2.80. The van der Waals surface area contributed by atoms with E-state index in [2.05, 4.69) is 11.1 Å². The molecule has 3 heteroatoms. The second-order valence-corrected chi connectivity index (χ2v) is 3.61. The molecule has 0 bridgehead atoms. The molecule has 11 heavy (non-hydrogen) atoms. The third kappa shape index (κ3) is 1.33. The minimum atomic E-state index is 0.808. The Morgan fingerprint density at radius 3 is 3.45 bits per heavy atom. The first-order valence-electron chi connectivity index (χ1n) is 3.58. The number of ether oxygens (including phenoxy) is 1. The second-order valence-electron chi connectivity index (χ2n) is 2.47. The van der Waals surface area contributed by atoms with Gasteiger partial charge in [0.25, 0.3) is 0 Å². The predicted octanol–water partition coefficient (Wildman–Crippen LogP) is 1.87. The van der Waals surface area contributed by atoms with Gasteiger partial charge in [0.1, 0.15) is 0 Å². The van der Waals surface area contributed by atoms with Gasteiger partial charge in [0, 0.05) is 11.4 Å². The highest BCUT2D eigenvalue weighted by atomic mass is 32.2. The Kier molecular flexibility index (Phi) is 1.74. The first-order chi connectivity index (χ1) is 5.36. The summed E-state index contributed by atoms with van der Waals surface area (Å²) in [7, 11) is 0. The average Bonchev–Trinajstić information content (AvgIpc) is 2.04. The summed E-state index contributed by atoms with van der Waals surface area (Å²) in [5, 5.41) is 0. The highest BCUT2D eigenvalue weighted by molar-refractivity contribution is 7.99. The Bertz CT molecular complexity index is 275. The molecule has 2 rings (SSSR count). The smallest absolute Gasteiger partial charge is 0.151 e. The fourth-order valence-corrected chi connectivity index (χ4v) is 1.94. The Hall–Kier alpha value is -0.700. The standard InChI is InChI=1S/C8H9NOS/c1-6-4-8-7(5-9-6)10-2-3-11-8/h4-5H,2-3H2,1H3. The zero-order valence-corrected chi connectivity index (χ0v) is 7.15. The van der Waals surface area contributed by atoms with Crippen molar-refractivity contribution < 1.29 is 4.74 Å². The van der Waals surface area contributed by atoms with E-state index in [0.717, 1.165) is 23.8 Å². The summed E-state index contributed by atoms with van der Waals surface area (Å²) in [4.78, 5) is 5.38. The lowest BCUT2D eigenvalue weighted by atomic mass is 10.4. The van der Waals surface area contributed by atoms with Crippen molar-refractivity contribution in [3.05, 3.63) is 18.0 Å². The molecule has 1 aliphatic rings. The van der Waals surface area contributed by atoms with Crippen LogP contribution < -0.4 is 4.74 Å². The fourth-order valence-electron chi connectivity index (χ4n) is 1.05. The minimum absolute atomic E-state index is 0.808. The topological polar surface area (TPSA) is 22.1 Å². The third-order valence-electron chi connectivity index (χ3n) is 1.57. The molecule has 0 saturated heterocycles. The van der Waals surface area contributed by atoms with Crippen LogP contribution in [0.2, 0.25) is 0 Å². The molecule has 2 heterocycles. The van der Waals surface area contributed by atoms with Gasteiger partial charge in [0.05, 0.1) is 17.7 Å². The fraction of sp³-hybridized carbons (Fsp3) is 0.375. The van der Waals surface area contributed by atoms with Crippen molar-refractivity contribution in [3.63, 3.8) is 0 Å². The van der Waals surface area contributed by atoms with Crippen molar-refractivity contribution in [2.24, 2.45) is 0 Å². The number of fused-ring (bicyclic) bond motifs is 1. The maximum atomic E-state index is 5.40. The SMILES string of the molecule is Cc1cc2c(cn1)OCCS2. The van der Waals surface area contributed by atoms with Crippen LogP contribution in [0, 0.1) is 6.92 Å². The van der Waals surface area contributed by atoms with E-state index in [1.54, 1.807) is 6.20 Å². The molecular weight excluding hydrogens is 158 g/mol. The average molecular weight is 167 g/mol. The van der Waals surface area contributed by atoms with Gasteiger partial charge >= 0.3 is 0 Å². The summed E-state index contributed by atoms with van der Waals surface area (Å²) >= 11 is 1.84. The first kappa shape index (κ1) is 6.98. The molecule has 0 unspecified atom stereocenters. The van der Waals surface area contributed by atoms with Crippen LogP contribution in [0.5, 0.6) is 5.75 Å². The Balaban J connectivity index is 2.43. The van der Waals surface area contributed by atoms with Crippen molar-refractivity contribution in [3.8, 4) is 5.75 Å². The summed E-state index contributed by atoms with van der Waals surface area (Å²) in [5.74, 6) is 1.99. The van der Waals surface area contributed by atoms with E-state index in [1.165, 1.54) is 4.90 Å². The summed E-state index contributed by atoms with van der Waals surface area (Å²) < 4.78 is 5.40. The molecule has 0 N–H and O–H groups in total. The van der Waals surface area contributed by atoms with Crippen LogP contribution in [0.4, 0.5) is 0 Å². The van der Waals surface area contributed by atoms with Gasteiger partial charge in [-0.1, -0.05) is 0 Å². The van der Waals surface area contributed by atoms with E-state index in [1.807, 2.05) is 18.7 Å². The zero-order valence-electron chi connectivity index (χ0n) is 6.33. The maximum Gasteiger partial charge on any atom is 0.151 e. The van der Waals surface area contributed by atoms with Crippen LogP contribution in [-0.4, -0.2) is 17.3 Å². The number of thioether (sulfide) groups is 1. The van der Waals surface area contributed by atoms with Crippen molar-refractivity contribution in [1.29, 1.82) is 0 Å². The number of aryl methyl sites for hydroxylation is 1. The van der Waals surface area contributed by atoms with Gasteiger partial charge in [-0.05, 0) is 13.0 Å². The van der Waals surface area contributed by atoms with Crippen LogP contribution in [0.1, 0.15) is 5.69 Å². The lowest BCUT2D eigenvalue weighted by Gasteiger charge is -2.15. The molecule has 0 fully saturated rings. The normalized spacial score (nSPS) is 15.4. The number of rotatable bonds is 0. The first-order valence-corrected chi connectivity index (χ1v) is 4.57. The van der Waals surface area contributed by atoms with E-state index < -0.39 is 0 Å². The Labute approximate surface area is 70.0 Å². The van der Waals surface area contributed by atoms with Crippen LogP contribution in [0.3, 0.4) is 0 Å². The van der Waals surface area contributed by atoms with Crippen LogP contribution >= 0.6 is 11.8 Å². The summed E-state index contributed by atoms with van der Waals surface area (Å²) in [6, 6.07) is 2.07. The van der Waals surface area contributed by atoms with E-state index in [0.29, 0.717) is 0 Å². The Morgan fingerprint density at radius 2 is 2.55 bits per heavy atom. The minimum Gasteiger partial charge on any atom is -0.490 e. The van der Waals surface area contributed by atoms with E-state index in [9.17, 15) is 0 Å². The molecular formula is C8H9NOS. The van der Waals surface area contributed by atoms with Crippen molar-refractivity contribution in [1.82, 2.24) is 4.98 Å². The molecule has 1 aromatic rings. The largest absolute Gasteiger partial charge is 0.490 e. The third-order valence-corrected chi connectivity index (χ3v) is 2.57. The number of pyridine rings is 1. The Morgan fingerprint density at radius 1 is 1.64 bits per heavy atom. The zero-order chi connectivity index (χ0) is 7.68. The van der Waals surface area contributed by atoms with Crippen molar-refractivity contribution >= 4 is 11.8 Å².